The number of nitrogens with two attached hydrogens (primary N) is 1. The summed E-state index contributed by atoms with van der Waals surface area (Å²) in [5.74, 6) is -0.439. The number of ether oxygens (including phenoxy) is 1. The number of nitrogens with zero attached hydrogens (tertiary/aromatic N) is 2. The summed E-state index contributed by atoms with van der Waals surface area (Å²) in [4.78, 5) is 15.5. The molecule has 0 aliphatic heterocycles. The van der Waals surface area contributed by atoms with Crippen molar-refractivity contribution in [3.8, 4) is 0 Å². The van der Waals surface area contributed by atoms with E-state index in [0.717, 1.165) is 11.3 Å². The monoisotopic (exact) mass is 293 g/mol. The third kappa shape index (κ3) is 3.59. The van der Waals surface area contributed by atoms with Gasteiger partial charge in [-0.2, -0.15) is 0 Å². The van der Waals surface area contributed by atoms with Crippen LogP contribution in [0.1, 0.15) is 11.3 Å². The molecule has 2 aromatic rings. The van der Waals surface area contributed by atoms with Crippen LogP contribution in [0.3, 0.4) is 0 Å². The lowest BCUT2D eigenvalue weighted by Gasteiger charge is -2.06. The lowest BCUT2D eigenvalue weighted by atomic mass is 10.2. The number of halogens is 1. The summed E-state index contributed by atoms with van der Waals surface area (Å²) in [6.45, 7) is 0.625. The van der Waals surface area contributed by atoms with E-state index in [4.69, 9.17) is 17.3 Å². The fourth-order valence-electron chi connectivity index (χ4n) is 1.88. The number of rotatable bonds is 5. The molecule has 1 aromatic heterocycles. The van der Waals surface area contributed by atoms with Gasteiger partial charge in [0.1, 0.15) is 6.04 Å². The van der Waals surface area contributed by atoms with E-state index in [0.29, 0.717) is 18.0 Å². The predicted molar refractivity (Wildman–Crippen MR) is 76.5 cm³/mol. The largest absolute Gasteiger partial charge is 0.468 e. The van der Waals surface area contributed by atoms with Gasteiger partial charge in [-0.3, -0.25) is 4.79 Å². The van der Waals surface area contributed by atoms with Crippen LogP contribution in [0.4, 0.5) is 0 Å². The number of carbonyl (C=O) groups excluding carboxylic acids is 1. The van der Waals surface area contributed by atoms with Crippen molar-refractivity contribution in [3.05, 3.63) is 53.1 Å². The summed E-state index contributed by atoms with van der Waals surface area (Å²) in [6, 6.07) is 6.94. The summed E-state index contributed by atoms with van der Waals surface area (Å²) in [6.07, 6.45) is 3.90. The molecule has 1 atom stereocenters. The van der Waals surface area contributed by atoms with E-state index in [1.165, 1.54) is 7.11 Å². The molecule has 0 bridgehead atoms. The van der Waals surface area contributed by atoms with Crippen LogP contribution in [0.25, 0.3) is 0 Å². The Morgan fingerprint density at radius 1 is 1.50 bits per heavy atom. The Morgan fingerprint density at radius 2 is 2.25 bits per heavy atom. The molecule has 0 aliphatic rings. The topological polar surface area (TPSA) is 70.1 Å². The van der Waals surface area contributed by atoms with Gasteiger partial charge in [0.2, 0.25) is 0 Å². The molecule has 20 heavy (non-hydrogen) atoms. The fraction of sp³-hybridized carbons (Fsp3) is 0.286. The van der Waals surface area contributed by atoms with E-state index in [1.54, 1.807) is 6.33 Å². The highest BCUT2D eigenvalue weighted by molar-refractivity contribution is 6.31. The van der Waals surface area contributed by atoms with Crippen molar-refractivity contribution in [2.24, 2.45) is 5.73 Å². The van der Waals surface area contributed by atoms with Gasteiger partial charge >= 0.3 is 5.97 Å². The molecule has 2 rings (SSSR count). The van der Waals surface area contributed by atoms with Crippen molar-refractivity contribution in [2.75, 3.05) is 7.11 Å². The van der Waals surface area contributed by atoms with Crippen LogP contribution >= 0.6 is 11.6 Å². The third-order valence-electron chi connectivity index (χ3n) is 2.93. The highest BCUT2D eigenvalue weighted by Crippen LogP contribution is 2.16. The molecular weight excluding hydrogens is 278 g/mol. The maximum atomic E-state index is 11.3. The molecule has 0 spiro atoms. The molecule has 0 aliphatic carbocycles. The summed E-state index contributed by atoms with van der Waals surface area (Å²) >= 11 is 6.11. The maximum absolute atomic E-state index is 11.3. The van der Waals surface area contributed by atoms with E-state index in [-0.39, 0.29) is 0 Å². The van der Waals surface area contributed by atoms with E-state index in [9.17, 15) is 4.79 Å². The van der Waals surface area contributed by atoms with Crippen LogP contribution in [-0.4, -0.2) is 28.7 Å². The first-order valence-corrected chi connectivity index (χ1v) is 6.55. The zero-order chi connectivity index (χ0) is 14.5. The Bertz CT molecular complexity index is 598. The minimum atomic E-state index is -0.691. The smallest absolute Gasteiger partial charge is 0.323 e. The number of hydrogen-bond donors (Lipinski definition) is 1. The van der Waals surface area contributed by atoms with E-state index >= 15 is 0 Å². The Morgan fingerprint density at radius 3 is 2.95 bits per heavy atom. The average Bonchev–Trinajstić information content (AvgIpc) is 2.87. The highest BCUT2D eigenvalue weighted by atomic mass is 35.5. The fourth-order valence-corrected chi connectivity index (χ4v) is 2.08. The minimum absolute atomic E-state index is 0.349. The highest BCUT2D eigenvalue weighted by Gasteiger charge is 2.15. The molecule has 0 amide bonds. The summed E-state index contributed by atoms with van der Waals surface area (Å²) in [7, 11) is 1.32. The Balaban J connectivity index is 2.03. The second kappa shape index (κ2) is 6.54. The molecular formula is C14H16ClN3O2. The first kappa shape index (κ1) is 14.6. The van der Waals surface area contributed by atoms with Crippen LogP contribution < -0.4 is 5.73 Å². The van der Waals surface area contributed by atoms with Crippen molar-refractivity contribution < 1.29 is 9.53 Å². The van der Waals surface area contributed by atoms with Crippen LogP contribution in [0.5, 0.6) is 0 Å². The molecule has 0 fully saturated rings. The normalized spacial score (nSPS) is 12.2. The van der Waals surface area contributed by atoms with E-state index in [2.05, 4.69) is 9.72 Å². The number of hydrogen-bond acceptors (Lipinski definition) is 4. The zero-order valence-corrected chi connectivity index (χ0v) is 11.9. The Hall–Kier alpha value is -1.85. The number of benzene rings is 1. The Labute approximate surface area is 122 Å². The van der Waals surface area contributed by atoms with Gasteiger partial charge < -0.3 is 15.0 Å². The van der Waals surface area contributed by atoms with Gasteiger partial charge in [0.05, 0.1) is 19.1 Å². The van der Waals surface area contributed by atoms with Crippen molar-refractivity contribution >= 4 is 17.6 Å². The quantitative estimate of drug-likeness (QED) is 0.851. The first-order chi connectivity index (χ1) is 9.60. The van der Waals surface area contributed by atoms with Crippen molar-refractivity contribution in [1.82, 2.24) is 9.55 Å². The Kier molecular flexibility index (Phi) is 4.76. The maximum Gasteiger partial charge on any atom is 0.323 e. The van der Waals surface area contributed by atoms with Gasteiger partial charge in [0.15, 0.2) is 0 Å². The third-order valence-corrected chi connectivity index (χ3v) is 3.30. The van der Waals surface area contributed by atoms with Crippen LogP contribution in [0.15, 0.2) is 36.8 Å². The zero-order valence-electron chi connectivity index (χ0n) is 11.1. The van der Waals surface area contributed by atoms with Gasteiger partial charge in [0.25, 0.3) is 0 Å². The van der Waals surface area contributed by atoms with Gasteiger partial charge in [0, 0.05) is 24.2 Å². The molecule has 0 saturated carbocycles. The van der Waals surface area contributed by atoms with E-state index < -0.39 is 12.0 Å². The van der Waals surface area contributed by atoms with Gasteiger partial charge in [-0.1, -0.05) is 29.8 Å². The molecule has 6 heteroatoms. The molecule has 1 heterocycles. The first-order valence-electron chi connectivity index (χ1n) is 6.17. The number of aromatic nitrogens is 2. The summed E-state index contributed by atoms with van der Waals surface area (Å²) < 4.78 is 6.49. The predicted octanol–water partition coefficient (Wildman–Crippen LogP) is 1.63. The van der Waals surface area contributed by atoms with Gasteiger partial charge in [-0.05, 0) is 11.6 Å². The van der Waals surface area contributed by atoms with Crippen LogP contribution in [-0.2, 0) is 22.5 Å². The number of methoxy groups -OCH3 is 1. The van der Waals surface area contributed by atoms with Gasteiger partial charge in [-0.15, -0.1) is 0 Å². The average molecular weight is 294 g/mol. The molecule has 106 valence electrons. The lowest BCUT2D eigenvalue weighted by molar-refractivity contribution is -0.142. The van der Waals surface area contributed by atoms with Gasteiger partial charge in [-0.25, -0.2) is 4.98 Å². The lowest BCUT2D eigenvalue weighted by Crippen LogP contribution is -2.33. The SMILES string of the molecule is COC(=O)C(N)Cc1cn(Cc2ccccc2Cl)cn1. The second-order valence-corrected chi connectivity index (χ2v) is 4.87. The second-order valence-electron chi connectivity index (χ2n) is 4.46. The molecule has 1 unspecified atom stereocenters. The molecule has 0 saturated heterocycles. The van der Waals surface area contributed by atoms with Crippen molar-refractivity contribution in [1.29, 1.82) is 0 Å². The molecule has 0 radical (unpaired) electrons. The van der Waals surface area contributed by atoms with Crippen molar-refractivity contribution in [2.45, 2.75) is 19.0 Å². The van der Waals surface area contributed by atoms with Crippen molar-refractivity contribution in [3.63, 3.8) is 0 Å². The minimum Gasteiger partial charge on any atom is -0.468 e. The number of esters is 1. The number of carbonyl (C=O) groups is 1. The summed E-state index contributed by atoms with van der Waals surface area (Å²) in [5, 5.41) is 0.717. The standard InChI is InChI=1S/C14H16ClN3O2/c1-20-14(19)13(16)6-11-8-18(9-17-11)7-10-4-2-3-5-12(10)15/h2-5,8-9,13H,6-7,16H2,1H3. The molecule has 1 aromatic carbocycles. The van der Waals surface area contributed by atoms with Crippen LogP contribution in [0, 0.1) is 0 Å². The van der Waals surface area contributed by atoms with Crippen LogP contribution in [0.2, 0.25) is 5.02 Å². The van der Waals surface area contributed by atoms with E-state index in [1.807, 2.05) is 35.0 Å². The molecule has 2 N–H and O–H groups in total. The number of imidazole rings is 1. The summed E-state index contributed by atoms with van der Waals surface area (Å²) in [5.41, 5.74) is 7.46. The molecule has 5 nitrogen and oxygen atoms in total.